The predicted molar refractivity (Wildman–Crippen MR) is 165 cm³/mol. The number of nitrogen functional groups attached to an aromatic ring is 1. The number of ether oxygens (including phenoxy) is 1. The Kier molecular flexibility index (Phi) is 8.47. The van der Waals surface area contributed by atoms with Crippen molar-refractivity contribution in [1.82, 2.24) is 19.5 Å². The molecule has 1 aliphatic rings. The fourth-order valence-electron chi connectivity index (χ4n) is 3.76. The summed E-state index contributed by atoms with van der Waals surface area (Å²) >= 11 is 0. The largest absolute Gasteiger partial charge is 0.414 e. The van der Waals surface area contributed by atoms with Crippen LogP contribution < -0.4 is 5.73 Å². The number of anilines is 1. The summed E-state index contributed by atoms with van der Waals surface area (Å²) < 4.78 is 22.1. The molecule has 0 bridgehead atoms. The normalized spacial score (nSPS) is 25.1. The molecule has 39 heavy (non-hydrogen) atoms. The van der Waals surface area contributed by atoms with Crippen molar-refractivity contribution >= 4 is 41.7 Å². The standard InChI is InChI=1S/C27H49N5O4Si3/c1-25(2,3)38(10,11)34-16-19-27(33,14-15-37(7,8)9)21(36-39(12,13)26(4,5)6)24(35-19)32-18-31-20-22(28)29-17-30-23(20)32/h17-19,21,24,33H,16H2,1-13H3,(H2,28,29,30)/t19-,21+,24-,27+/m1/s1. The smallest absolute Gasteiger partial charge is 0.192 e. The summed E-state index contributed by atoms with van der Waals surface area (Å²) in [5.41, 5.74) is 8.89. The second kappa shape index (κ2) is 10.3. The van der Waals surface area contributed by atoms with Crippen molar-refractivity contribution in [3.05, 3.63) is 12.7 Å². The average molecular weight is 592 g/mol. The highest BCUT2D eigenvalue weighted by atomic mass is 28.4. The lowest BCUT2D eigenvalue weighted by molar-refractivity contribution is -0.0578. The number of imidazole rings is 1. The molecule has 0 aromatic carbocycles. The highest BCUT2D eigenvalue weighted by molar-refractivity contribution is 6.83. The number of rotatable bonds is 6. The van der Waals surface area contributed by atoms with Gasteiger partial charge in [-0.15, -0.1) is 5.54 Å². The zero-order chi connectivity index (χ0) is 29.8. The molecule has 3 rings (SSSR count). The topological polar surface area (TPSA) is 118 Å². The quantitative estimate of drug-likeness (QED) is 0.342. The highest BCUT2D eigenvalue weighted by Gasteiger charge is 2.60. The third kappa shape index (κ3) is 6.50. The van der Waals surface area contributed by atoms with Gasteiger partial charge in [-0.1, -0.05) is 67.1 Å². The zero-order valence-corrected chi connectivity index (χ0v) is 29.1. The van der Waals surface area contributed by atoms with Crippen LogP contribution in [0.1, 0.15) is 47.8 Å². The zero-order valence-electron chi connectivity index (χ0n) is 26.1. The number of fused-ring (bicyclic) bond motifs is 1. The Labute approximate surface area is 237 Å². The number of nitrogens with zero attached hydrogens (tertiary/aromatic N) is 4. The van der Waals surface area contributed by atoms with Crippen LogP contribution in [0.5, 0.6) is 0 Å². The minimum Gasteiger partial charge on any atom is -0.414 e. The lowest BCUT2D eigenvalue weighted by atomic mass is 9.93. The van der Waals surface area contributed by atoms with Crippen LogP contribution in [0.4, 0.5) is 5.82 Å². The number of nitrogens with two attached hydrogens (primary N) is 1. The third-order valence-corrected chi connectivity index (χ3v) is 18.2. The maximum Gasteiger partial charge on any atom is 0.192 e. The molecular weight excluding hydrogens is 543 g/mol. The molecule has 9 nitrogen and oxygen atoms in total. The first-order valence-electron chi connectivity index (χ1n) is 13.7. The molecule has 0 amide bonds. The average Bonchev–Trinajstić information content (AvgIpc) is 3.30. The molecule has 3 heterocycles. The molecule has 12 heteroatoms. The van der Waals surface area contributed by atoms with Gasteiger partial charge in [-0.2, -0.15) is 0 Å². The van der Waals surface area contributed by atoms with E-state index in [1.54, 1.807) is 10.9 Å². The first-order chi connectivity index (χ1) is 17.5. The Morgan fingerprint density at radius 2 is 1.59 bits per heavy atom. The summed E-state index contributed by atoms with van der Waals surface area (Å²) in [4.78, 5) is 13.0. The van der Waals surface area contributed by atoms with Gasteiger partial charge < -0.3 is 24.4 Å². The van der Waals surface area contributed by atoms with Crippen LogP contribution in [0, 0.1) is 11.5 Å². The fourth-order valence-corrected chi connectivity index (χ4v) is 6.62. The molecule has 4 atom stereocenters. The molecule has 3 N–H and O–H groups in total. The molecule has 0 spiro atoms. The Bertz CT molecular complexity index is 1250. The molecular formula is C27H49N5O4Si3. The van der Waals surface area contributed by atoms with Gasteiger partial charge in [-0.3, -0.25) is 4.57 Å². The van der Waals surface area contributed by atoms with Gasteiger partial charge in [-0.05, 0) is 36.3 Å². The monoisotopic (exact) mass is 591 g/mol. The van der Waals surface area contributed by atoms with Crippen molar-refractivity contribution in [3.63, 3.8) is 0 Å². The van der Waals surface area contributed by atoms with Crippen molar-refractivity contribution in [3.8, 4) is 11.5 Å². The van der Waals surface area contributed by atoms with Gasteiger partial charge in [0.25, 0.3) is 0 Å². The summed E-state index contributed by atoms with van der Waals surface area (Å²) in [7, 11) is -6.42. The second-order valence-electron chi connectivity index (χ2n) is 14.8. The predicted octanol–water partition coefficient (Wildman–Crippen LogP) is 5.33. The minimum absolute atomic E-state index is 0.000832. The van der Waals surface area contributed by atoms with Crippen LogP contribution in [-0.2, 0) is 13.6 Å². The summed E-state index contributed by atoms with van der Waals surface area (Å²) in [6.45, 7) is 28.5. The van der Waals surface area contributed by atoms with Crippen LogP contribution >= 0.6 is 0 Å². The van der Waals surface area contributed by atoms with Crippen molar-refractivity contribution < 1.29 is 18.7 Å². The maximum atomic E-state index is 12.6. The number of aromatic nitrogens is 4. The maximum absolute atomic E-state index is 12.6. The van der Waals surface area contributed by atoms with E-state index in [2.05, 4.69) is 114 Å². The van der Waals surface area contributed by atoms with Gasteiger partial charge >= 0.3 is 0 Å². The summed E-state index contributed by atoms with van der Waals surface area (Å²) in [6.07, 6.45) is 0.748. The van der Waals surface area contributed by atoms with Crippen molar-refractivity contribution in [2.24, 2.45) is 0 Å². The van der Waals surface area contributed by atoms with E-state index >= 15 is 0 Å². The van der Waals surface area contributed by atoms with Crippen molar-refractivity contribution in [2.45, 2.75) is 121 Å². The molecule has 0 unspecified atom stereocenters. The number of hydrogen-bond acceptors (Lipinski definition) is 8. The Hall–Kier alpha value is -1.60. The van der Waals surface area contributed by atoms with Crippen molar-refractivity contribution in [2.75, 3.05) is 12.3 Å². The molecule has 0 radical (unpaired) electrons. The first kappa shape index (κ1) is 31.9. The number of hydrogen-bond donors (Lipinski definition) is 2. The van der Waals surface area contributed by atoms with Crippen LogP contribution in [0.25, 0.3) is 11.2 Å². The van der Waals surface area contributed by atoms with Gasteiger partial charge in [0.15, 0.2) is 39.9 Å². The molecule has 2 aromatic heterocycles. The molecule has 1 aliphatic heterocycles. The highest BCUT2D eigenvalue weighted by Crippen LogP contribution is 2.47. The van der Waals surface area contributed by atoms with Gasteiger partial charge in [-0.25, -0.2) is 15.0 Å². The summed E-state index contributed by atoms with van der Waals surface area (Å²) in [5.74, 6) is 3.56. The Morgan fingerprint density at radius 3 is 2.13 bits per heavy atom. The van der Waals surface area contributed by atoms with E-state index in [4.69, 9.17) is 19.3 Å². The summed E-state index contributed by atoms with van der Waals surface area (Å²) in [5, 5.41) is 12.5. The van der Waals surface area contributed by atoms with Crippen LogP contribution in [-0.4, -0.2) is 73.8 Å². The van der Waals surface area contributed by atoms with E-state index in [1.807, 2.05) is 0 Å². The number of aliphatic hydroxyl groups is 1. The minimum atomic E-state index is -2.41. The SMILES string of the molecule is CC(C)(C)[Si](C)(C)OC[C@H]1O[C@@H](n2cnc3c(N)ncnc32)[C@H](O[Si](C)(C)C(C)(C)C)[C@]1(O)C#C[Si](C)(C)C. The van der Waals surface area contributed by atoms with Crippen LogP contribution in [0.2, 0.25) is 55.9 Å². The van der Waals surface area contributed by atoms with Crippen LogP contribution in [0.3, 0.4) is 0 Å². The van der Waals surface area contributed by atoms with E-state index in [1.165, 1.54) is 6.33 Å². The third-order valence-electron chi connectivity index (χ3n) is 8.42. The molecule has 1 saturated heterocycles. The van der Waals surface area contributed by atoms with E-state index in [0.717, 1.165) is 0 Å². The molecule has 1 fully saturated rings. The van der Waals surface area contributed by atoms with Crippen molar-refractivity contribution in [1.29, 1.82) is 0 Å². The summed E-state index contributed by atoms with van der Waals surface area (Å²) in [6, 6.07) is 0. The molecule has 0 saturated carbocycles. The van der Waals surface area contributed by atoms with E-state index in [9.17, 15) is 5.11 Å². The van der Waals surface area contributed by atoms with Gasteiger partial charge in [0.2, 0.25) is 0 Å². The van der Waals surface area contributed by atoms with Crippen LogP contribution in [0.15, 0.2) is 12.7 Å². The lowest BCUT2D eigenvalue weighted by Gasteiger charge is -2.42. The lowest BCUT2D eigenvalue weighted by Crippen LogP contribution is -2.56. The fraction of sp³-hybridized carbons (Fsp3) is 0.741. The molecule has 2 aromatic rings. The van der Waals surface area contributed by atoms with E-state index < -0.39 is 48.7 Å². The van der Waals surface area contributed by atoms with Gasteiger partial charge in [0, 0.05) is 0 Å². The van der Waals surface area contributed by atoms with E-state index in [0.29, 0.717) is 11.2 Å². The van der Waals surface area contributed by atoms with Gasteiger partial charge in [0.1, 0.15) is 32.1 Å². The van der Waals surface area contributed by atoms with E-state index in [-0.39, 0.29) is 22.5 Å². The second-order valence-corrected chi connectivity index (χ2v) is 29.1. The first-order valence-corrected chi connectivity index (χ1v) is 23.0. The molecule has 0 aliphatic carbocycles. The Balaban J connectivity index is 2.20. The van der Waals surface area contributed by atoms with Gasteiger partial charge in [0.05, 0.1) is 12.9 Å². The Morgan fingerprint density at radius 1 is 1.00 bits per heavy atom. The molecule has 218 valence electrons.